The fourth-order valence-corrected chi connectivity index (χ4v) is 2.06. The molecule has 5 nitrogen and oxygen atoms in total. The minimum atomic E-state index is -0.659. The molecule has 1 amide bonds. The molecule has 2 N–H and O–H groups in total. The monoisotopic (exact) mass is 314 g/mol. The molecule has 0 aliphatic rings. The largest absolute Gasteiger partial charge is 0.467 e. The van der Waals surface area contributed by atoms with Crippen molar-refractivity contribution in [3.63, 3.8) is 0 Å². The Morgan fingerprint density at radius 1 is 1.50 bits per heavy atom. The van der Waals surface area contributed by atoms with Crippen molar-refractivity contribution in [3.8, 4) is 0 Å². The van der Waals surface area contributed by atoms with Crippen molar-refractivity contribution in [1.82, 2.24) is 10.3 Å². The van der Waals surface area contributed by atoms with Crippen LogP contribution < -0.4 is 5.32 Å². The molecule has 2 heterocycles. The van der Waals surface area contributed by atoms with Gasteiger partial charge in [0.05, 0.1) is 34.2 Å². The first-order valence-corrected chi connectivity index (χ1v) is 6.56. The Labute approximate surface area is 125 Å². The molecule has 0 spiro atoms. The van der Waals surface area contributed by atoms with Crippen molar-refractivity contribution in [2.75, 3.05) is 6.61 Å². The third-order valence-corrected chi connectivity index (χ3v) is 3.71. The molecule has 0 saturated heterocycles. The predicted octanol–water partition coefficient (Wildman–Crippen LogP) is 2.75. The average molecular weight is 315 g/mol. The minimum Gasteiger partial charge on any atom is -0.467 e. The minimum absolute atomic E-state index is 0.132. The number of aryl methyl sites for hydroxylation is 1. The van der Waals surface area contributed by atoms with Gasteiger partial charge < -0.3 is 14.8 Å². The number of nitrogens with one attached hydrogen (secondary N) is 1. The van der Waals surface area contributed by atoms with Crippen molar-refractivity contribution in [3.05, 3.63) is 51.7 Å². The molecule has 106 valence electrons. The van der Waals surface area contributed by atoms with Crippen LogP contribution in [-0.4, -0.2) is 22.6 Å². The summed E-state index contributed by atoms with van der Waals surface area (Å²) < 4.78 is 5.15. The first kappa shape index (κ1) is 14.8. The number of hydrogen-bond donors (Lipinski definition) is 2. The number of halogens is 2. The topological polar surface area (TPSA) is 75.4 Å². The first-order valence-electron chi connectivity index (χ1n) is 5.80. The summed E-state index contributed by atoms with van der Waals surface area (Å²) in [7, 11) is 0. The summed E-state index contributed by atoms with van der Waals surface area (Å²) in [6.07, 6.45) is 2.80. The summed E-state index contributed by atoms with van der Waals surface area (Å²) in [4.78, 5) is 16.1. The van der Waals surface area contributed by atoms with E-state index in [-0.39, 0.29) is 22.2 Å². The highest BCUT2D eigenvalue weighted by Crippen LogP contribution is 2.27. The Balaban J connectivity index is 2.22. The van der Waals surface area contributed by atoms with Crippen molar-refractivity contribution < 1.29 is 14.3 Å². The van der Waals surface area contributed by atoms with Crippen LogP contribution >= 0.6 is 23.2 Å². The number of rotatable bonds is 4. The number of carbonyl (C=O) groups is 1. The van der Waals surface area contributed by atoms with Crippen LogP contribution in [0.1, 0.15) is 27.9 Å². The van der Waals surface area contributed by atoms with Gasteiger partial charge in [-0.1, -0.05) is 23.2 Å². The third-order valence-electron chi connectivity index (χ3n) is 2.75. The lowest BCUT2D eigenvalue weighted by Gasteiger charge is -2.15. The number of nitrogens with zero attached hydrogens (tertiary/aromatic N) is 1. The van der Waals surface area contributed by atoms with Crippen LogP contribution in [-0.2, 0) is 0 Å². The summed E-state index contributed by atoms with van der Waals surface area (Å²) in [5, 5.41) is 12.3. The van der Waals surface area contributed by atoms with Gasteiger partial charge in [0.25, 0.3) is 5.91 Å². The summed E-state index contributed by atoms with van der Waals surface area (Å²) in [6.45, 7) is 1.39. The van der Waals surface area contributed by atoms with Gasteiger partial charge in [-0.3, -0.25) is 9.78 Å². The molecule has 7 heteroatoms. The van der Waals surface area contributed by atoms with E-state index in [1.165, 1.54) is 12.5 Å². The third kappa shape index (κ3) is 2.95. The van der Waals surface area contributed by atoms with E-state index in [1.54, 1.807) is 19.1 Å². The molecule has 2 aromatic rings. The number of aromatic nitrogens is 1. The van der Waals surface area contributed by atoms with E-state index in [4.69, 9.17) is 27.6 Å². The second kappa shape index (κ2) is 6.26. The quantitative estimate of drug-likeness (QED) is 0.910. The summed E-state index contributed by atoms with van der Waals surface area (Å²) in [6, 6.07) is 2.67. The summed E-state index contributed by atoms with van der Waals surface area (Å²) >= 11 is 12.0. The van der Waals surface area contributed by atoms with Crippen molar-refractivity contribution in [2.24, 2.45) is 0 Å². The molecule has 20 heavy (non-hydrogen) atoms. The number of furan rings is 1. The summed E-state index contributed by atoms with van der Waals surface area (Å²) in [5.74, 6) is -0.0389. The number of amides is 1. The van der Waals surface area contributed by atoms with Crippen LogP contribution in [0, 0.1) is 6.92 Å². The smallest absolute Gasteiger partial charge is 0.255 e. The number of aliphatic hydroxyl groups is 1. The van der Waals surface area contributed by atoms with Gasteiger partial charge in [0.2, 0.25) is 0 Å². The van der Waals surface area contributed by atoms with Gasteiger partial charge in [-0.25, -0.2) is 0 Å². The maximum absolute atomic E-state index is 12.1. The van der Waals surface area contributed by atoms with E-state index in [1.807, 2.05) is 0 Å². The van der Waals surface area contributed by atoms with Gasteiger partial charge in [-0.2, -0.15) is 0 Å². The van der Waals surface area contributed by atoms with Gasteiger partial charge >= 0.3 is 0 Å². The molecule has 0 bridgehead atoms. The van der Waals surface area contributed by atoms with E-state index in [9.17, 15) is 9.90 Å². The van der Waals surface area contributed by atoms with Crippen LogP contribution in [0.15, 0.2) is 29.0 Å². The Hall–Kier alpha value is -1.56. The number of hydrogen-bond acceptors (Lipinski definition) is 4. The van der Waals surface area contributed by atoms with Gasteiger partial charge in [0.1, 0.15) is 11.8 Å². The maximum Gasteiger partial charge on any atom is 0.255 e. The van der Waals surface area contributed by atoms with E-state index < -0.39 is 11.9 Å². The molecular formula is C13H12Cl2N2O3. The molecule has 0 saturated carbocycles. The van der Waals surface area contributed by atoms with E-state index in [0.29, 0.717) is 11.5 Å². The Bertz CT molecular complexity index is 614. The number of aliphatic hydroxyl groups excluding tert-OH is 1. The van der Waals surface area contributed by atoms with Gasteiger partial charge in [0, 0.05) is 6.20 Å². The molecular weight excluding hydrogens is 303 g/mol. The SMILES string of the molecule is Cc1ncc(C(=O)NC(CO)c2ccco2)c(Cl)c1Cl. The standard InChI is InChI=1S/C13H12Cl2N2O3/c1-7-11(14)12(15)8(5-16-7)13(19)17-9(6-18)10-3-2-4-20-10/h2-5,9,18H,6H2,1H3,(H,17,19). The van der Waals surface area contributed by atoms with Crippen LogP contribution in [0.25, 0.3) is 0 Å². The number of carbonyl (C=O) groups excluding carboxylic acids is 1. The van der Waals surface area contributed by atoms with Gasteiger partial charge in [-0.05, 0) is 19.1 Å². The van der Waals surface area contributed by atoms with Gasteiger partial charge in [-0.15, -0.1) is 0 Å². The van der Waals surface area contributed by atoms with Crippen LogP contribution in [0.5, 0.6) is 0 Å². The Morgan fingerprint density at radius 2 is 2.25 bits per heavy atom. The molecule has 2 aromatic heterocycles. The predicted molar refractivity (Wildman–Crippen MR) is 75.0 cm³/mol. The van der Waals surface area contributed by atoms with Crippen molar-refractivity contribution in [1.29, 1.82) is 0 Å². The highest BCUT2D eigenvalue weighted by atomic mass is 35.5. The Kier molecular flexibility index (Phi) is 4.65. The van der Waals surface area contributed by atoms with E-state index in [2.05, 4.69) is 10.3 Å². The fraction of sp³-hybridized carbons (Fsp3) is 0.231. The van der Waals surface area contributed by atoms with Crippen molar-refractivity contribution in [2.45, 2.75) is 13.0 Å². The normalized spacial score (nSPS) is 12.2. The highest BCUT2D eigenvalue weighted by Gasteiger charge is 2.20. The average Bonchev–Trinajstić information content (AvgIpc) is 2.96. The molecule has 0 aliphatic carbocycles. The van der Waals surface area contributed by atoms with Crippen molar-refractivity contribution >= 4 is 29.1 Å². The molecule has 0 aliphatic heterocycles. The molecule has 0 aromatic carbocycles. The number of pyridine rings is 1. The second-order valence-electron chi connectivity index (χ2n) is 4.11. The first-order chi connectivity index (χ1) is 9.54. The molecule has 1 atom stereocenters. The molecule has 0 radical (unpaired) electrons. The van der Waals surface area contributed by atoms with Crippen LogP contribution in [0.4, 0.5) is 0 Å². The van der Waals surface area contributed by atoms with E-state index >= 15 is 0 Å². The summed E-state index contributed by atoms with van der Waals surface area (Å²) in [5.41, 5.74) is 0.685. The zero-order valence-corrected chi connectivity index (χ0v) is 12.1. The lowest BCUT2D eigenvalue weighted by atomic mass is 10.2. The lowest BCUT2D eigenvalue weighted by Crippen LogP contribution is -2.30. The molecule has 2 rings (SSSR count). The second-order valence-corrected chi connectivity index (χ2v) is 4.87. The lowest BCUT2D eigenvalue weighted by molar-refractivity contribution is 0.0907. The highest BCUT2D eigenvalue weighted by molar-refractivity contribution is 6.44. The maximum atomic E-state index is 12.1. The Morgan fingerprint density at radius 3 is 2.85 bits per heavy atom. The zero-order valence-electron chi connectivity index (χ0n) is 10.6. The zero-order chi connectivity index (χ0) is 14.7. The fourth-order valence-electron chi connectivity index (χ4n) is 1.64. The van der Waals surface area contributed by atoms with Gasteiger partial charge in [0.15, 0.2) is 0 Å². The molecule has 1 unspecified atom stereocenters. The van der Waals surface area contributed by atoms with E-state index in [0.717, 1.165) is 0 Å². The van der Waals surface area contributed by atoms with Crippen LogP contribution in [0.2, 0.25) is 10.0 Å². The van der Waals surface area contributed by atoms with Crippen LogP contribution in [0.3, 0.4) is 0 Å². The molecule has 0 fully saturated rings.